The van der Waals surface area contributed by atoms with Gasteiger partial charge in [-0.05, 0) is 66.2 Å². The predicted molar refractivity (Wildman–Crippen MR) is 142 cm³/mol. The van der Waals surface area contributed by atoms with Crippen molar-refractivity contribution in [3.63, 3.8) is 0 Å². The van der Waals surface area contributed by atoms with E-state index in [9.17, 15) is 9.59 Å². The molecule has 0 saturated heterocycles. The molecule has 2 saturated carbocycles. The first-order valence-electron chi connectivity index (χ1n) is 12.9. The zero-order valence-corrected chi connectivity index (χ0v) is 21.2. The van der Waals surface area contributed by atoms with E-state index in [-0.39, 0.29) is 23.4 Å². The molecule has 3 aromatic rings. The second-order valence-corrected chi connectivity index (χ2v) is 10.9. The summed E-state index contributed by atoms with van der Waals surface area (Å²) in [6.45, 7) is 7.46. The number of anilines is 2. The van der Waals surface area contributed by atoms with Crippen LogP contribution in [0, 0.1) is 23.2 Å². The van der Waals surface area contributed by atoms with E-state index in [1.54, 1.807) is 30.6 Å². The molecule has 2 heterocycles. The fourth-order valence-electron chi connectivity index (χ4n) is 6.79. The number of urea groups is 1. The summed E-state index contributed by atoms with van der Waals surface area (Å²) in [7, 11) is 0. The van der Waals surface area contributed by atoms with Crippen molar-refractivity contribution in [2.45, 2.75) is 52.6 Å². The molecule has 2 aromatic heterocycles. The average molecular weight is 486 g/mol. The summed E-state index contributed by atoms with van der Waals surface area (Å²) in [5.74, 6) is 1.70. The van der Waals surface area contributed by atoms with Crippen molar-refractivity contribution < 1.29 is 9.59 Å². The third-order valence-electron chi connectivity index (χ3n) is 8.18. The molecule has 1 aromatic carbocycles. The van der Waals surface area contributed by atoms with Gasteiger partial charge in [0.1, 0.15) is 5.69 Å². The zero-order valence-electron chi connectivity index (χ0n) is 21.2. The normalized spacial score (nSPS) is 24.6. The van der Waals surface area contributed by atoms with Crippen LogP contribution in [0.4, 0.5) is 16.2 Å². The van der Waals surface area contributed by atoms with Gasteiger partial charge in [-0.25, -0.2) is 4.79 Å². The summed E-state index contributed by atoms with van der Waals surface area (Å²) >= 11 is 0. The fourth-order valence-corrected chi connectivity index (χ4v) is 6.79. The molecule has 0 aliphatic heterocycles. The minimum atomic E-state index is -0.257. The van der Waals surface area contributed by atoms with Crippen LogP contribution in [0.2, 0.25) is 0 Å². The third-order valence-corrected chi connectivity index (χ3v) is 8.18. The van der Waals surface area contributed by atoms with E-state index in [1.165, 1.54) is 6.42 Å². The van der Waals surface area contributed by atoms with E-state index in [2.05, 4.69) is 41.7 Å². The molecule has 188 valence electrons. The van der Waals surface area contributed by atoms with Gasteiger partial charge in [-0.1, -0.05) is 51.1 Å². The molecular formula is C29H35N5O2. The second kappa shape index (κ2) is 9.80. The first kappa shape index (κ1) is 24.1. The number of amides is 3. The molecule has 2 bridgehead atoms. The minimum absolute atomic E-state index is 0.143. The number of carbonyl (C=O) groups is 2. The van der Waals surface area contributed by atoms with Gasteiger partial charge in [-0.3, -0.25) is 9.78 Å². The van der Waals surface area contributed by atoms with Gasteiger partial charge in [0.2, 0.25) is 0 Å². The Morgan fingerprint density at radius 2 is 1.92 bits per heavy atom. The number of rotatable bonds is 7. The standard InChI is InChI=1S/C29H35N5O2/c1-19(2)26-21-11-12-29(26,3)25(14-21)33-28(36)32-23-15-24(27(35)31-22-10-7-13-30-16-22)34(18-23)17-20-8-5-4-6-9-20/h4-10,13,15-16,18-19,21,25-26H,11-12,14,17H2,1-3H3,(H,31,35)(H2,32,33,36)/t21-,25?,26?,29+/m1/s1. The molecule has 3 amide bonds. The largest absolute Gasteiger partial charge is 0.337 e. The molecule has 4 atom stereocenters. The van der Waals surface area contributed by atoms with Crippen LogP contribution in [0.25, 0.3) is 0 Å². The first-order valence-corrected chi connectivity index (χ1v) is 12.9. The monoisotopic (exact) mass is 485 g/mol. The Hall–Kier alpha value is -3.61. The minimum Gasteiger partial charge on any atom is -0.337 e. The number of nitrogens with zero attached hydrogens (tertiary/aromatic N) is 2. The summed E-state index contributed by atoms with van der Waals surface area (Å²) < 4.78 is 1.87. The molecular weight excluding hydrogens is 450 g/mol. The molecule has 2 aliphatic carbocycles. The van der Waals surface area contributed by atoms with Crippen LogP contribution in [0.5, 0.6) is 0 Å². The van der Waals surface area contributed by atoms with Gasteiger partial charge in [0.25, 0.3) is 5.91 Å². The van der Waals surface area contributed by atoms with Gasteiger partial charge >= 0.3 is 6.03 Å². The number of fused-ring (bicyclic) bond motifs is 2. The van der Waals surface area contributed by atoms with Gasteiger partial charge in [0.05, 0.1) is 17.6 Å². The summed E-state index contributed by atoms with van der Waals surface area (Å²) in [4.78, 5) is 30.3. The van der Waals surface area contributed by atoms with Gasteiger partial charge in [-0.2, -0.15) is 0 Å². The number of aromatic nitrogens is 2. The van der Waals surface area contributed by atoms with Crippen molar-refractivity contribution in [2.75, 3.05) is 10.6 Å². The molecule has 36 heavy (non-hydrogen) atoms. The van der Waals surface area contributed by atoms with Crippen LogP contribution in [0.3, 0.4) is 0 Å². The molecule has 0 radical (unpaired) electrons. The number of pyridine rings is 1. The molecule has 2 unspecified atom stereocenters. The lowest BCUT2D eigenvalue weighted by Gasteiger charge is -2.36. The Morgan fingerprint density at radius 1 is 1.11 bits per heavy atom. The van der Waals surface area contributed by atoms with E-state index >= 15 is 0 Å². The lowest BCUT2D eigenvalue weighted by molar-refractivity contribution is 0.101. The summed E-state index contributed by atoms with van der Waals surface area (Å²) in [6, 6.07) is 15.2. The van der Waals surface area contributed by atoms with Crippen LogP contribution in [-0.2, 0) is 6.54 Å². The first-order chi connectivity index (χ1) is 17.3. The summed E-state index contributed by atoms with van der Waals surface area (Å²) in [5, 5.41) is 9.15. The number of nitrogens with one attached hydrogen (secondary N) is 3. The van der Waals surface area contributed by atoms with E-state index in [1.807, 2.05) is 41.1 Å². The van der Waals surface area contributed by atoms with Gasteiger partial charge in [0, 0.05) is 25.0 Å². The molecule has 3 N–H and O–H groups in total. The quantitative estimate of drug-likeness (QED) is 0.397. The van der Waals surface area contributed by atoms with Crippen molar-refractivity contribution in [1.29, 1.82) is 0 Å². The Labute approximate surface area is 212 Å². The average Bonchev–Trinajstić information content (AvgIpc) is 3.48. The highest BCUT2D eigenvalue weighted by Gasteiger charge is 2.57. The van der Waals surface area contributed by atoms with Gasteiger partial charge in [0.15, 0.2) is 0 Å². The molecule has 2 fully saturated rings. The van der Waals surface area contributed by atoms with Crippen LogP contribution < -0.4 is 16.0 Å². The second-order valence-electron chi connectivity index (χ2n) is 10.9. The SMILES string of the molecule is CC(C)C1[C@@H]2CC[C@@]1(C)C(NC(=O)Nc1cc(C(=O)Nc3cccnc3)n(Cc3ccccc3)c1)C2. The highest BCUT2D eigenvalue weighted by Crippen LogP contribution is 2.60. The number of hydrogen-bond donors (Lipinski definition) is 3. The Balaban J connectivity index is 1.32. The fraction of sp³-hybridized carbons (Fsp3) is 0.414. The van der Waals surface area contributed by atoms with Crippen molar-refractivity contribution in [2.24, 2.45) is 23.2 Å². The van der Waals surface area contributed by atoms with Crippen LogP contribution in [0.15, 0.2) is 67.1 Å². The molecule has 7 nitrogen and oxygen atoms in total. The van der Waals surface area contributed by atoms with Crippen molar-refractivity contribution in [3.8, 4) is 0 Å². The van der Waals surface area contributed by atoms with E-state index in [0.717, 1.165) is 18.4 Å². The maximum Gasteiger partial charge on any atom is 0.319 e. The number of carbonyl (C=O) groups excluding carboxylic acids is 2. The maximum absolute atomic E-state index is 13.1. The number of hydrogen-bond acceptors (Lipinski definition) is 3. The molecule has 0 spiro atoms. The number of benzene rings is 1. The van der Waals surface area contributed by atoms with Crippen LogP contribution in [-0.4, -0.2) is 27.5 Å². The van der Waals surface area contributed by atoms with Crippen molar-refractivity contribution in [3.05, 3.63) is 78.4 Å². The molecule has 2 aliphatic rings. The lowest BCUT2D eigenvalue weighted by Crippen LogP contribution is -2.47. The van der Waals surface area contributed by atoms with Crippen LogP contribution >= 0.6 is 0 Å². The zero-order chi connectivity index (χ0) is 25.3. The van der Waals surface area contributed by atoms with E-state index < -0.39 is 0 Å². The van der Waals surface area contributed by atoms with E-state index in [0.29, 0.717) is 41.4 Å². The topological polar surface area (TPSA) is 88.1 Å². The smallest absolute Gasteiger partial charge is 0.319 e. The highest BCUT2D eigenvalue weighted by molar-refractivity contribution is 6.04. The predicted octanol–water partition coefficient (Wildman–Crippen LogP) is 5.77. The Kier molecular flexibility index (Phi) is 6.56. The highest BCUT2D eigenvalue weighted by atomic mass is 16.2. The molecule has 7 heteroatoms. The van der Waals surface area contributed by atoms with E-state index in [4.69, 9.17) is 0 Å². The summed E-state index contributed by atoms with van der Waals surface area (Å²) in [5.41, 5.74) is 2.88. The van der Waals surface area contributed by atoms with Crippen molar-refractivity contribution >= 4 is 23.3 Å². The molecule has 5 rings (SSSR count). The van der Waals surface area contributed by atoms with Crippen molar-refractivity contribution in [1.82, 2.24) is 14.9 Å². The maximum atomic E-state index is 13.1. The Morgan fingerprint density at radius 3 is 2.61 bits per heavy atom. The third kappa shape index (κ3) is 4.74. The van der Waals surface area contributed by atoms with Gasteiger partial charge in [-0.15, -0.1) is 0 Å². The Bertz CT molecular complexity index is 1220. The van der Waals surface area contributed by atoms with Crippen LogP contribution in [0.1, 0.15) is 56.1 Å². The lowest BCUT2D eigenvalue weighted by atomic mass is 9.73. The van der Waals surface area contributed by atoms with Gasteiger partial charge < -0.3 is 20.5 Å². The summed E-state index contributed by atoms with van der Waals surface area (Å²) in [6.07, 6.45) is 8.56.